The van der Waals surface area contributed by atoms with E-state index >= 15 is 0 Å². The van der Waals surface area contributed by atoms with Crippen molar-refractivity contribution in [3.05, 3.63) is 30.0 Å². The van der Waals surface area contributed by atoms with Crippen LogP contribution in [0.25, 0.3) is 10.9 Å². The number of hydrogen-bond acceptors (Lipinski definition) is 4. The van der Waals surface area contributed by atoms with Crippen molar-refractivity contribution in [3.8, 4) is 0 Å². The smallest absolute Gasteiger partial charge is 0.272 e. The van der Waals surface area contributed by atoms with Gasteiger partial charge >= 0.3 is 0 Å². The van der Waals surface area contributed by atoms with Crippen LogP contribution in [0.5, 0.6) is 0 Å². The summed E-state index contributed by atoms with van der Waals surface area (Å²) in [6, 6.07) is 7.91. The van der Waals surface area contributed by atoms with Gasteiger partial charge in [-0.15, -0.1) is 12.4 Å². The maximum atomic E-state index is 12.5. The van der Waals surface area contributed by atoms with Crippen LogP contribution < -0.4 is 5.32 Å². The molecular weight excluding hydrogens is 328 g/mol. The van der Waals surface area contributed by atoms with Crippen LogP contribution in [-0.2, 0) is 11.3 Å². The molecule has 1 fully saturated rings. The third-order valence-electron chi connectivity index (χ3n) is 4.13. The van der Waals surface area contributed by atoms with Crippen molar-refractivity contribution in [2.45, 2.75) is 19.9 Å². The average Bonchev–Trinajstić information content (AvgIpc) is 2.95. The number of hydrogen-bond donors (Lipinski definition) is 1. The van der Waals surface area contributed by atoms with Gasteiger partial charge in [0.1, 0.15) is 0 Å². The van der Waals surface area contributed by atoms with Gasteiger partial charge in [0.25, 0.3) is 5.91 Å². The standard InChI is InChI=1S/C17H24N4O2.ClH/c1-2-8-21-15-6-4-3-5-14(15)16(19-21)17(22)18-7-9-20-10-12-23-13-11-20;/h3-6H,2,7-13H2,1H3,(H,18,22);1H. The predicted octanol–water partition coefficient (Wildman–Crippen LogP) is 1.93. The Hall–Kier alpha value is -1.63. The molecule has 2 aromatic rings. The monoisotopic (exact) mass is 352 g/mol. The van der Waals surface area contributed by atoms with E-state index in [4.69, 9.17) is 4.74 Å². The van der Waals surface area contributed by atoms with Crippen LogP contribution in [0, 0.1) is 0 Å². The number of nitrogens with zero attached hydrogens (tertiary/aromatic N) is 3. The maximum absolute atomic E-state index is 12.5. The van der Waals surface area contributed by atoms with Gasteiger partial charge in [-0.2, -0.15) is 5.10 Å². The lowest BCUT2D eigenvalue weighted by Gasteiger charge is -2.26. The second-order valence-electron chi connectivity index (χ2n) is 5.80. The Labute approximate surface area is 148 Å². The zero-order chi connectivity index (χ0) is 16.1. The fourth-order valence-corrected chi connectivity index (χ4v) is 2.91. The largest absolute Gasteiger partial charge is 0.379 e. The molecule has 6 nitrogen and oxygen atoms in total. The SMILES string of the molecule is CCCn1nc(C(=O)NCCN2CCOCC2)c2ccccc21.Cl. The number of halogens is 1. The molecule has 1 aromatic heterocycles. The van der Waals surface area contributed by atoms with E-state index in [2.05, 4.69) is 22.2 Å². The average molecular weight is 353 g/mol. The molecule has 1 aliphatic rings. The van der Waals surface area contributed by atoms with Crippen LogP contribution in [0.1, 0.15) is 23.8 Å². The highest BCUT2D eigenvalue weighted by Gasteiger charge is 2.17. The van der Waals surface area contributed by atoms with Crippen LogP contribution in [0.3, 0.4) is 0 Å². The maximum Gasteiger partial charge on any atom is 0.272 e. The van der Waals surface area contributed by atoms with Crippen LogP contribution >= 0.6 is 12.4 Å². The quantitative estimate of drug-likeness (QED) is 0.863. The van der Waals surface area contributed by atoms with Crippen molar-refractivity contribution in [1.82, 2.24) is 20.0 Å². The molecule has 1 amide bonds. The molecule has 1 aromatic carbocycles. The Morgan fingerprint density at radius 2 is 2.00 bits per heavy atom. The first-order valence-electron chi connectivity index (χ1n) is 8.33. The zero-order valence-corrected chi connectivity index (χ0v) is 14.8. The molecule has 0 bridgehead atoms. The van der Waals surface area contributed by atoms with Crippen molar-refractivity contribution in [2.75, 3.05) is 39.4 Å². The van der Waals surface area contributed by atoms with E-state index in [1.54, 1.807) is 0 Å². The zero-order valence-electron chi connectivity index (χ0n) is 14.0. The Morgan fingerprint density at radius 3 is 2.75 bits per heavy atom. The molecule has 0 atom stereocenters. The summed E-state index contributed by atoms with van der Waals surface area (Å²) >= 11 is 0. The van der Waals surface area contributed by atoms with Crippen molar-refractivity contribution in [1.29, 1.82) is 0 Å². The number of carbonyl (C=O) groups is 1. The Kier molecular flexibility index (Phi) is 7.02. The number of aromatic nitrogens is 2. The van der Waals surface area contributed by atoms with Crippen molar-refractivity contribution in [2.24, 2.45) is 0 Å². The molecule has 0 saturated carbocycles. The van der Waals surface area contributed by atoms with Crippen LogP contribution in [0.15, 0.2) is 24.3 Å². The number of benzene rings is 1. The molecule has 1 saturated heterocycles. The van der Waals surface area contributed by atoms with Crippen molar-refractivity contribution >= 4 is 29.2 Å². The third kappa shape index (κ3) is 4.26. The summed E-state index contributed by atoms with van der Waals surface area (Å²) in [6.45, 7) is 7.84. The number of carbonyl (C=O) groups excluding carboxylic acids is 1. The number of nitrogens with one attached hydrogen (secondary N) is 1. The summed E-state index contributed by atoms with van der Waals surface area (Å²) in [6.07, 6.45) is 0.990. The van der Waals surface area contributed by atoms with Crippen molar-refractivity contribution in [3.63, 3.8) is 0 Å². The minimum atomic E-state index is -0.0932. The molecule has 0 unspecified atom stereocenters. The number of fused-ring (bicyclic) bond motifs is 1. The summed E-state index contributed by atoms with van der Waals surface area (Å²) < 4.78 is 7.25. The summed E-state index contributed by atoms with van der Waals surface area (Å²) in [4.78, 5) is 14.8. The van der Waals surface area contributed by atoms with Crippen LogP contribution in [-0.4, -0.2) is 60.0 Å². The van der Waals surface area contributed by atoms with E-state index in [9.17, 15) is 4.79 Å². The fourth-order valence-electron chi connectivity index (χ4n) is 2.91. The number of para-hydroxylation sites is 1. The van der Waals surface area contributed by atoms with E-state index in [-0.39, 0.29) is 18.3 Å². The van der Waals surface area contributed by atoms with Crippen molar-refractivity contribution < 1.29 is 9.53 Å². The lowest BCUT2D eigenvalue weighted by atomic mass is 10.2. The summed E-state index contributed by atoms with van der Waals surface area (Å²) in [7, 11) is 0. The normalized spacial score (nSPS) is 15.2. The number of aryl methyl sites for hydroxylation is 1. The molecule has 2 heterocycles. The highest BCUT2D eigenvalue weighted by molar-refractivity contribution is 6.04. The summed E-state index contributed by atoms with van der Waals surface area (Å²) in [5.74, 6) is -0.0932. The molecule has 0 spiro atoms. The van der Waals surface area contributed by atoms with Gasteiger partial charge in [0.05, 0.1) is 18.7 Å². The molecule has 24 heavy (non-hydrogen) atoms. The molecule has 1 N–H and O–H groups in total. The summed E-state index contributed by atoms with van der Waals surface area (Å²) in [5, 5.41) is 8.43. The van der Waals surface area contributed by atoms with Gasteiger partial charge in [-0.1, -0.05) is 25.1 Å². The Balaban J connectivity index is 0.00000208. The van der Waals surface area contributed by atoms with Gasteiger partial charge in [0, 0.05) is 38.1 Å². The lowest BCUT2D eigenvalue weighted by Crippen LogP contribution is -2.41. The second-order valence-corrected chi connectivity index (χ2v) is 5.80. The lowest BCUT2D eigenvalue weighted by molar-refractivity contribution is 0.0383. The van der Waals surface area contributed by atoms with E-state index in [0.29, 0.717) is 12.2 Å². The van der Waals surface area contributed by atoms with Gasteiger partial charge in [-0.05, 0) is 12.5 Å². The minimum Gasteiger partial charge on any atom is -0.379 e. The first-order valence-corrected chi connectivity index (χ1v) is 8.33. The Bertz CT molecular complexity index is 668. The van der Waals surface area contributed by atoms with Crippen LogP contribution in [0.4, 0.5) is 0 Å². The molecule has 1 aliphatic heterocycles. The molecule has 0 radical (unpaired) electrons. The van der Waals surface area contributed by atoms with E-state index in [0.717, 1.165) is 56.7 Å². The van der Waals surface area contributed by atoms with Crippen LogP contribution in [0.2, 0.25) is 0 Å². The number of rotatable bonds is 6. The topological polar surface area (TPSA) is 59.4 Å². The fraction of sp³-hybridized carbons (Fsp3) is 0.529. The first-order chi connectivity index (χ1) is 11.3. The Morgan fingerprint density at radius 1 is 1.25 bits per heavy atom. The highest BCUT2D eigenvalue weighted by atomic mass is 35.5. The highest BCUT2D eigenvalue weighted by Crippen LogP contribution is 2.18. The number of ether oxygens (including phenoxy) is 1. The second kappa shape index (κ2) is 9.01. The van der Waals surface area contributed by atoms with Gasteiger partial charge < -0.3 is 10.1 Å². The van der Waals surface area contributed by atoms with E-state index < -0.39 is 0 Å². The third-order valence-corrected chi connectivity index (χ3v) is 4.13. The number of morpholine rings is 1. The van der Waals surface area contributed by atoms with Gasteiger partial charge in [-0.25, -0.2) is 0 Å². The van der Waals surface area contributed by atoms with E-state index in [1.165, 1.54) is 0 Å². The van der Waals surface area contributed by atoms with Gasteiger partial charge in [0.2, 0.25) is 0 Å². The predicted molar refractivity (Wildman–Crippen MR) is 96.9 cm³/mol. The molecular formula is C17H25ClN4O2. The minimum absolute atomic E-state index is 0. The summed E-state index contributed by atoms with van der Waals surface area (Å²) in [5.41, 5.74) is 1.55. The molecule has 3 rings (SSSR count). The van der Waals surface area contributed by atoms with Gasteiger partial charge in [0.15, 0.2) is 5.69 Å². The number of amides is 1. The van der Waals surface area contributed by atoms with E-state index in [1.807, 2.05) is 28.9 Å². The first kappa shape index (κ1) is 18.7. The molecule has 7 heteroatoms. The van der Waals surface area contributed by atoms with Gasteiger partial charge in [-0.3, -0.25) is 14.4 Å². The molecule has 132 valence electrons. The molecule has 0 aliphatic carbocycles.